The number of aromatic hydroxyl groups is 1. The van der Waals surface area contributed by atoms with Gasteiger partial charge >= 0.3 is 0 Å². The van der Waals surface area contributed by atoms with Crippen LogP contribution in [0.4, 0.5) is 10.2 Å². The standard InChI is InChI=1S/C25H27FN6O2/c1-31-22(26)9-15(10-24(31)34)14-2-7-20(21(33)8-14)25-27-13-23(29-30-25)32(18-5-6-18)19-11-16-3-4-17(12-19)28-16/h2,7-10,13,16-19,28,33H,3-6,11-12H2,1H3/t16-,17+,19-. The molecule has 2 aliphatic heterocycles. The van der Waals surface area contributed by atoms with Crippen LogP contribution in [-0.2, 0) is 7.05 Å². The number of rotatable bonds is 5. The lowest BCUT2D eigenvalue weighted by Crippen LogP contribution is -2.49. The van der Waals surface area contributed by atoms with Crippen molar-refractivity contribution in [3.05, 3.63) is 52.8 Å². The molecular formula is C25H27FN6O2. The van der Waals surface area contributed by atoms with Gasteiger partial charge in [-0.3, -0.25) is 9.36 Å². The summed E-state index contributed by atoms with van der Waals surface area (Å²) < 4.78 is 14.9. The Kier molecular flexibility index (Phi) is 5.09. The highest BCUT2D eigenvalue weighted by atomic mass is 19.1. The number of nitrogens with zero attached hydrogens (tertiary/aromatic N) is 5. The fraction of sp³-hybridized carbons (Fsp3) is 0.440. The highest BCUT2D eigenvalue weighted by Gasteiger charge is 2.41. The molecule has 2 N–H and O–H groups in total. The molecule has 0 spiro atoms. The smallest absolute Gasteiger partial charge is 0.253 e. The summed E-state index contributed by atoms with van der Waals surface area (Å²) in [4.78, 5) is 18.9. The Labute approximate surface area is 196 Å². The van der Waals surface area contributed by atoms with E-state index in [0.717, 1.165) is 23.2 Å². The fourth-order valence-corrected chi connectivity index (χ4v) is 5.46. The molecule has 0 unspecified atom stereocenters. The van der Waals surface area contributed by atoms with Crippen LogP contribution >= 0.6 is 0 Å². The number of pyridine rings is 1. The molecule has 3 atom stereocenters. The van der Waals surface area contributed by atoms with Crippen LogP contribution in [0.3, 0.4) is 0 Å². The number of hydrogen-bond donors (Lipinski definition) is 2. The largest absolute Gasteiger partial charge is 0.507 e. The van der Waals surface area contributed by atoms with Gasteiger partial charge in [-0.1, -0.05) is 6.07 Å². The summed E-state index contributed by atoms with van der Waals surface area (Å²) in [6, 6.07) is 9.63. The molecule has 3 aromatic rings. The molecule has 2 bridgehead atoms. The predicted molar refractivity (Wildman–Crippen MR) is 126 cm³/mol. The Hall–Kier alpha value is -3.33. The van der Waals surface area contributed by atoms with Gasteiger partial charge in [0.15, 0.2) is 17.6 Å². The SMILES string of the molecule is Cn1c(F)cc(-c2ccc(-c3ncc(N(C4CC4)[C@@H]4C[C@H]5CC[C@@H](C4)N5)nn3)c(O)c2)cc1=O. The average molecular weight is 463 g/mol. The first kappa shape index (κ1) is 21.2. The number of nitrogens with one attached hydrogen (secondary N) is 1. The van der Waals surface area contributed by atoms with Gasteiger partial charge in [0.1, 0.15) is 5.75 Å². The predicted octanol–water partition coefficient (Wildman–Crippen LogP) is 3.00. The molecule has 1 saturated carbocycles. The molecule has 3 aliphatic rings. The maximum Gasteiger partial charge on any atom is 0.253 e. The monoisotopic (exact) mass is 462 g/mol. The van der Waals surface area contributed by atoms with E-state index in [0.29, 0.717) is 46.7 Å². The topological polar surface area (TPSA) is 96.2 Å². The van der Waals surface area contributed by atoms with E-state index in [1.807, 2.05) is 0 Å². The van der Waals surface area contributed by atoms with Gasteiger partial charge in [-0.05, 0) is 67.9 Å². The number of fused-ring (bicyclic) bond motifs is 2. The second-order valence-corrected chi connectivity index (χ2v) is 9.74. The molecule has 4 heterocycles. The Morgan fingerprint density at radius 3 is 2.41 bits per heavy atom. The van der Waals surface area contributed by atoms with Gasteiger partial charge in [0.2, 0.25) is 0 Å². The van der Waals surface area contributed by atoms with E-state index in [2.05, 4.69) is 25.4 Å². The first-order chi connectivity index (χ1) is 16.5. The van der Waals surface area contributed by atoms with Gasteiger partial charge in [-0.15, -0.1) is 10.2 Å². The zero-order valence-corrected chi connectivity index (χ0v) is 19.0. The number of aromatic nitrogens is 4. The molecule has 1 aromatic carbocycles. The molecule has 0 radical (unpaired) electrons. The van der Waals surface area contributed by atoms with E-state index in [1.165, 1.54) is 50.9 Å². The van der Waals surface area contributed by atoms with Crippen molar-refractivity contribution in [1.82, 2.24) is 25.1 Å². The lowest BCUT2D eigenvalue weighted by molar-refractivity contribution is 0.343. The maximum atomic E-state index is 14.0. The van der Waals surface area contributed by atoms with Crippen molar-refractivity contribution < 1.29 is 9.50 Å². The van der Waals surface area contributed by atoms with Crippen LogP contribution in [0.1, 0.15) is 38.5 Å². The van der Waals surface area contributed by atoms with Gasteiger partial charge in [0.25, 0.3) is 5.56 Å². The zero-order valence-electron chi connectivity index (χ0n) is 19.0. The fourth-order valence-electron chi connectivity index (χ4n) is 5.46. The number of halogens is 1. The van der Waals surface area contributed by atoms with Crippen LogP contribution in [0, 0.1) is 5.95 Å². The summed E-state index contributed by atoms with van der Waals surface area (Å²) >= 11 is 0. The molecule has 34 heavy (non-hydrogen) atoms. The third kappa shape index (κ3) is 3.83. The summed E-state index contributed by atoms with van der Waals surface area (Å²) in [6.45, 7) is 0. The van der Waals surface area contributed by atoms with E-state index in [4.69, 9.17) is 0 Å². The first-order valence-corrected chi connectivity index (χ1v) is 11.9. The van der Waals surface area contributed by atoms with Crippen molar-refractivity contribution in [1.29, 1.82) is 0 Å². The van der Waals surface area contributed by atoms with Crippen LogP contribution in [0.5, 0.6) is 5.75 Å². The van der Waals surface area contributed by atoms with E-state index in [1.54, 1.807) is 18.3 Å². The lowest BCUT2D eigenvalue weighted by Gasteiger charge is -2.38. The van der Waals surface area contributed by atoms with Crippen LogP contribution in [-0.4, -0.2) is 49.0 Å². The molecule has 176 valence electrons. The number of benzene rings is 1. The number of hydrogen-bond acceptors (Lipinski definition) is 7. The van der Waals surface area contributed by atoms with E-state index >= 15 is 0 Å². The third-order valence-corrected chi connectivity index (χ3v) is 7.37. The van der Waals surface area contributed by atoms with E-state index in [-0.39, 0.29) is 5.75 Å². The molecule has 9 heteroatoms. The highest BCUT2D eigenvalue weighted by Crippen LogP contribution is 2.39. The van der Waals surface area contributed by atoms with Gasteiger partial charge in [0, 0.05) is 37.3 Å². The molecule has 8 nitrogen and oxygen atoms in total. The van der Waals surface area contributed by atoms with Crippen molar-refractivity contribution in [3.63, 3.8) is 0 Å². The van der Waals surface area contributed by atoms with Crippen molar-refractivity contribution in [2.24, 2.45) is 7.05 Å². The molecule has 6 rings (SSSR count). The van der Waals surface area contributed by atoms with Crippen LogP contribution in [0.2, 0.25) is 0 Å². The minimum Gasteiger partial charge on any atom is -0.507 e. The van der Waals surface area contributed by atoms with Gasteiger partial charge in [-0.25, -0.2) is 4.98 Å². The van der Waals surface area contributed by atoms with Crippen molar-refractivity contribution in [2.75, 3.05) is 4.90 Å². The average Bonchev–Trinajstić information content (AvgIpc) is 3.61. The Morgan fingerprint density at radius 1 is 1.03 bits per heavy atom. The summed E-state index contributed by atoms with van der Waals surface area (Å²) in [5, 5.41) is 23.2. The summed E-state index contributed by atoms with van der Waals surface area (Å²) in [5.41, 5.74) is 0.907. The summed E-state index contributed by atoms with van der Waals surface area (Å²) in [7, 11) is 1.37. The van der Waals surface area contributed by atoms with Gasteiger partial charge in [0.05, 0.1) is 11.8 Å². The van der Waals surface area contributed by atoms with Crippen LogP contribution < -0.4 is 15.8 Å². The normalized spacial score (nSPS) is 23.8. The van der Waals surface area contributed by atoms with Gasteiger partial charge < -0.3 is 15.3 Å². The van der Waals surface area contributed by atoms with E-state index in [9.17, 15) is 14.3 Å². The molecule has 0 amide bonds. The third-order valence-electron chi connectivity index (χ3n) is 7.37. The quantitative estimate of drug-likeness (QED) is 0.563. The van der Waals surface area contributed by atoms with Crippen molar-refractivity contribution in [3.8, 4) is 28.3 Å². The first-order valence-electron chi connectivity index (χ1n) is 11.9. The van der Waals surface area contributed by atoms with Crippen molar-refractivity contribution >= 4 is 5.82 Å². The zero-order chi connectivity index (χ0) is 23.4. The second kappa shape index (κ2) is 8.16. The number of piperidine rings is 1. The molecular weight excluding hydrogens is 435 g/mol. The van der Waals surface area contributed by atoms with Gasteiger partial charge in [-0.2, -0.15) is 4.39 Å². The summed E-state index contributed by atoms with van der Waals surface area (Å²) in [5.74, 6) is 0.423. The number of phenols is 1. The summed E-state index contributed by atoms with van der Waals surface area (Å²) in [6.07, 6.45) is 8.87. The molecule has 2 aromatic heterocycles. The van der Waals surface area contributed by atoms with E-state index < -0.39 is 11.5 Å². The van der Waals surface area contributed by atoms with Crippen LogP contribution in [0.15, 0.2) is 41.3 Å². The number of phenolic OH excluding ortho intramolecular Hbond substituents is 1. The molecule has 2 saturated heterocycles. The Bertz CT molecular complexity index is 1280. The lowest BCUT2D eigenvalue weighted by atomic mass is 9.98. The minimum atomic E-state index is -0.642. The second-order valence-electron chi connectivity index (χ2n) is 9.74. The van der Waals surface area contributed by atoms with Crippen molar-refractivity contribution in [2.45, 2.75) is 62.7 Å². The highest BCUT2D eigenvalue weighted by molar-refractivity contribution is 5.72. The molecule has 3 fully saturated rings. The molecule has 1 aliphatic carbocycles. The van der Waals surface area contributed by atoms with Crippen LogP contribution in [0.25, 0.3) is 22.5 Å². The Balaban J connectivity index is 1.26. The minimum absolute atomic E-state index is 0.0536. The Morgan fingerprint density at radius 2 is 1.79 bits per heavy atom. The maximum absolute atomic E-state index is 14.0. The number of anilines is 1.